The lowest BCUT2D eigenvalue weighted by Crippen LogP contribution is -2.26. The van der Waals surface area contributed by atoms with Gasteiger partial charge < -0.3 is 9.64 Å². The molecular formula is C12H15BrN2O3. The molecule has 0 saturated carbocycles. The Morgan fingerprint density at radius 1 is 1.33 bits per heavy atom. The molecule has 0 bridgehead atoms. The monoisotopic (exact) mass is 314 g/mol. The van der Waals surface area contributed by atoms with Gasteiger partial charge in [0.15, 0.2) is 0 Å². The summed E-state index contributed by atoms with van der Waals surface area (Å²) in [5.41, 5.74) is 1.97. The van der Waals surface area contributed by atoms with E-state index in [0.29, 0.717) is 11.9 Å². The van der Waals surface area contributed by atoms with Crippen molar-refractivity contribution in [1.82, 2.24) is 0 Å². The van der Waals surface area contributed by atoms with Gasteiger partial charge in [-0.25, -0.2) is 0 Å². The van der Waals surface area contributed by atoms with Crippen molar-refractivity contribution in [1.29, 1.82) is 0 Å². The van der Waals surface area contributed by atoms with Gasteiger partial charge in [0.1, 0.15) is 0 Å². The van der Waals surface area contributed by atoms with E-state index in [1.54, 1.807) is 12.1 Å². The maximum absolute atomic E-state index is 10.9. The third-order valence-electron chi connectivity index (χ3n) is 2.91. The fraction of sp³-hybridized carbons (Fsp3) is 0.500. The highest BCUT2D eigenvalue weighted by atomic mass is 79.9. The largest absolute Gasteiger partial charge is 0.380 e. The highest BCUT2D eigenvalue weighted by Gasteiger charge is 2.15. The van der Waals surface area contributed by atoms with E-state index in [4.69, 9.17) is 4.74 Å². The van der Waals surface area contributed by atoms with Crippen LogP contribution in [0.2, 0.25) is 0 Å². The Morgan fingerprint density at radius 2 is 2.17 bits per heavy atom. The third kappa shape index (κ3) is 3.20. The molecule has 0 amide bonds. The predicted octanol–water partition coefficient (Wildman–Crippen LogP) is 2.72. The molecule has 0 spiro atoms. The molecule has 1 fully saturated rings. The maximum Gasteiger partial charge on any atom is 0.271 e. The number of nitro groups is 1. The van der Waals surface area contributed by atoms with Crippen molar-refractivity contribution in [2.24, 2.45) is 0 Å². The van der Waals surface area contributed by atoms with E-state index >= 15 is 0 Å². The van der Waals surface area contributed by atoms with Crippen LogP contribution in [0.15, 0.2) is 18.2 Å². The first kappa shape index (κ1) is 13.3. The van der Waals surface area contributed by atoms with Crippen molar-refractivity contribution in [2.75, 3.05) is 31.2 Å². The summed E-state index contributed by atoms with van der Waals surface area (Å²) in [7, 11) is 0. The summed E-state index contributed by atoms with van der Waals surface area (Å²) < 4.78 is 5.40. The number of hydrogen-bond donors (Lipinski definition) is 0. The molecule has 1 aliphatic heterocycles. The topological polar surface area (TPSA) is 55.6 Å². The number of halogens is 1. The smallest absolute Gasteiger partial charge is 0.271 e. The molecule has 1 aliphatic rings. The van der Waals surface area contributed by atoms with Crippen molar-refractivity contribution in [2.45, 2.75) is 11.8 Å². The Bertz CT molecular complexity index is 431. The SMILES string of the molecule is O=[N+]([O-])c1cc(CBr)cc(N2CCCOCC2)c1. The molecule has 0 N–H and O–H groups in total. The second-order valence-electron chi connectivity index (χ2n) is 4.20. The number of non-ortho nitro benzene ring substituents is 1. The Balaban J connectivity index is 2.29. The zero-order valence-electron chi connectivity index (χ0n) is 9.97. The average molecular weight is 315 g/mol. The molecule has 0 aliphatic carbocycles. The maximum atomic E-state index is 10.9. The number of anilines is 1. The van der Waals surface area contributed by atoms with Crippen molar-refractivity contribution >= 4 is 27.3 Å². The summed E-state index contributed by atoms with van der Waals surface area (Å²) in [6, 6.07) is 5.23. The summed E-state index contributed by atoms with van der Waals surface area (Å²) in [6.07, 6.45) is 0.951. The van der Waals surface area contributed by atoms with Crippen LogP contribution in [0.1, 0.15) is 12.0 Å². The zero-order chi connectivity index (χ0) is 13.0. The standard InChI is InChI=1S/C12H15BrN2O3/c13-9-10-6-11(8-12(7-10)15(16)17)14-2-1-4-18-5-3-14/h6-8H,1-5,9H2. The second kappa shape index (κ2) is 6.15. The zero-order valence-corrected chi connectivity index (χ0v) is 11.6. The van der Waals surface area contributed by atoms with Gasteiger partial charge in [0.05, 0.1) is 11.5 Å². The van der Waals surface area contributed by atoms with E-state index in [9.17, 15) is 10.1 Å². The van der Waals surface area contributed by atoms with Crippen LogP contribution in [-0.2, 0) is 10.1 Å². The highest BCUT2D eigenvalue weighted by molar-refractivity contribution is 9.08. The van der Waals surface area contributed by atoms with Gasteiger partial charge in [-0.2, -0.15) is 0 Å². The quantitative estimate of drug-likeness (QED) is 0.489. The molecule has 0 radical (unpaired) electrons. The molecule has 1 aromatic rings. The number of hydrogen-bond acceptors (Lipinski definition) is 4. The van der Waals surface area contributed by atoms with Gasteiger partial charge in [0, 0.05) is 42.8 Å². The summed E-state index contributed by atoms with van der Waals surface area (Å²) >= 11 is 3.35. The Labute approximate surface area is 114 Å². The molecule has 2 rings (SSSR count). The van der Waals surface area contributed by atoms with E-state index in [-0.39, 0.29) is 10.6 Å². The number of rotatable bonds is 3. The summed E-state index contributed by atoms with van der Waals surface area (Å²) in [5.74, 6) is 0. The minimum absolute atomic E-state index is 0.145. The Kier molecular flexibility index (Phi) is 4.54. The normalized spacial score (nSPS) is 16.4. The van der Waals surface area contributed by atoms with Gasteiger partial charge in [0.25, 0.3) is 5.69 Å². The second-order valence-corrected chi connectivity index (χ2v) is 4.76. The minimum Gasteiger partial charge on any atom is -0.380 e. The van der Waals surface area contributed by atoms with Crippen LogP contribution in [0.5, 0.6) is 0 Å². The molecule has 0 aromatic heterocycles. The molecule has 1 aromatic carbocycles. The van der Waals surface area contributed by atoms with Crippen molar-refractivity contribution in [3.8, 4) is 0 Å². The minimum atomic E-state index is -0.343. The van der Waals surface area contributed by atoms with Gasteiger partial charge in [-0.15, -0.1) is 0 Å². The Morgan fingerprint density at radius 3 is 2.89 bits per heavy atom. The Hall–Kier alpha value is -1.14. The number of nitrogens with zero attached hydrogens (tertiary/aromatic N) is 2. The van der Waals surface area contributed by atoms with Crippen molar-refractivity contribution in [3.05, 3.63) is 33.9 Å². The average Bonchev–Trinajstić information content (AvgIpc) is 2.67. The van der Waals surface area contributed by atoms with E-state index in [1.165, 1.54) is 0 Å². The van der Waals surface area contributed by atoms with Crippen molar-refractivity contribution in [3.63, 3.8) is 0 Å². The summed E-state index contributed by atoms with van der Waals surface area (Å²) in [5, 5.41) is 11.5. The molecule has 0 unspecified atom stereocenters. The lowest BCUT2D eigenvalue weighted by atomic mass is 10.1. The molecule has 18 heavy (non-hydrogen) atoms. The van der Waals surface area contributed by atoms with Gasteiger partial charge in [-0.1, -0.05) is 15.9 Å². The molecular weight excluding hydrogens is 300 g/mol. The lowest BCUT2D eigenvalue weighted by Gasteiger charge is -2.22. The molecule has 1 heterocycles. The first-order chi connectivity index (χ1) is 8.70. The molecule has 0 atom stereocenters. The number of alkyl halides is 1. The van der Waals surface area contributed by atoms with Crippen LogP contribution in [0.25, 0.3) is 0 Å². The van der Waals surface area contributed by atoms with Crippen LogP contribution in [0.4, 0.5) is 11.4 Å². The van der Waals surface area contributed by atoms with Crippen LogP contribution in [0.3, 0.4) is 0 Å². The van der Waals surface area contributed by atoms with E-state index in [2.05, 4.69) is 20.8 Å². The predicted molar refractivity (Wildman–Crippen MR) is 73.4 cm³/mol. The highest BCUT2D eigenvalue weighted by Crippen LogP contribution is 2.26. The van der Waals surface area contributed by atoms with Gasteiger partial charge in [-0.05, 0) is 18.1 Å². The van der Waals surface area contributed by atoms with Crippen molar-refractivity contribution < 1.29 is 9.66 Å². The summed E-state index contributed by atoms with van der Waals surface area (Å²) in [6.45, 7) is 3.09. The number of nitro benzene ring substituents is 1. The number of ether oxygens (including phenoxy) is 1. The van der Waals surface area contributed by atoms with Gasteiger partial charge in [0.2, 0.25) is 0 Å². The first-order valence-electron chi connectivity index (χ1n) is 5.88. The fourth-order valence-corrected chi connectivity index (χ4v) is 2.35. The van der Waals surface area contributed by atoms with Crippen LogP contribution in [-0.4, -0.2) is 31.2 Å². The first-order valence-corrected chi connectivity index (χ1v) is 7.00. The van der Waals surface area contributed by atoms with E-state index in [0.717, 1.165) is 37.4 Å². The van der Waals surface area contributed by atoms with Gasteiger partial charge in [-0.3, -0.25) is 10.1 Å². The van der Waals surface area contributed by atoms with Crippen LogP contribution >= 0.6 is 15.9 Å². The molecule has 5 nitrogen and oxygen atoms in total. The fourth-order valence-electron chi connectivity index (χ4n) is 2.03. The number of benzene rings is 1. The summed E-state index contributed by atoms with van der Waals surface area (Å²) in [4.78, 5) is 12.7. The lowest BCUT2D eigenvalue weighted by molar-refractivity contribution is -0.384. The molecule has 1 saturated heterocycles. The van der Waals surface area contributed by atoms with E-state index < -0.39 is 0 Å². The third-order valence-corrected chi connectivity index (χ3v) is 3.56. The van der Waals surface area contributed by atoms with Gasteiger partial charge >= 0.3 is 0 Å². The van der Waals surface area contributed by atoms with Crippen LogP contribution in [0, 0.1) is 10.1 Å². The van der Waals surface area contributed by atoms with Crippen LogP contribution < -0.4 is 4.90 Å². The molecule has 98 valence electrons. The van der Waals surface area contributed by atoms with E-state index in [1.807, 2.05) is 6.07 Å². The molecule has 6 heteroatoms.